The number of para-hydroxylation sites is 1. The molecule has 2 aromatic rings. The summed E-state index contributed by atoms with van der Waals surface area (Å²) in [4.78, 5) is 10.7. The molecule has 0 fully saturated rings. The molecule has 0 amide bonds. The normalized spacial score (nSPS) is 11.9. The van der Waals surface area contributed by atoms with Gasteiger partial charge in [0.25, 0.3) is 9.05 Å². The number of benzene rings is 1. The largest absolute Gasteiger partial charge is 0.481 e. The highest BCUT2D eigenvalue weighted by molar-refractivity contribution is 8.14. The van der Waals surface area contributed by atoms with Crippen molar-refractivity contribution in [1.29, 1.82) is 0 Å². The van der Waals surface area contributed by atoms with Gasteiger partial charge in [0.2, 0.25) is 0 Å². The van der Waals surface area contributed by atoms with Crippen LogP contribution in [0.5, 0.6) is 0 Å². The summed E-state index contributed by atoms with van der Waals surface area (Å²) in [7, 11) is 1.59. The zero-order valence-corrected chi connectivity index (χ0v) is 11.7. The van der Waals surface area contributed by atoms with E-state index in [9.17, 15) is 13.2 Å². The smallest absolute Gasteiger partial charge is 0.305 e. The molecule has 5 nitrogen and oxygen atoms in total. The van der Waals surface area contributed by atoms with Gasteiger partial charge in [-0.3, -0.25) is 4.79 Å². The average molecular weight is 302 g/mol. The second-order valence-corrected chi connectivity index (χ2v) is 6.67. The van der Waals surface area contributed by atoms with E-state index in [2.05, 4.69) is 0 Å². The number of carbonyl (C=O) groups is 1. The van der Waals surface area contributed by atoms with E-state index in [1.807, 2.05) is 0 Å². The van der Waals surface area contributed by atoms with Crippen LogP contribution in [0.1, 0.15) is 12.1 Å². The molecule has 2 rings (SSSR count). The van der Waals surface area contributed by atoms with Crippen LogP contribution in [0.3, 0.4) is 0 Å². The lowest BCUT2D eigenvalue weighted by Gasteiger charge is -2.06. The maximum atomic E-state index is 11.7. The Morgan fingerprint density at radius 3 is 2.58 bits per heavy atom. The number of aromatic nitrogens is 1. The van der Waals surface area contributed by atoms with Gasteiger partial charge in [-0.2, -0.15) is 0 Å². The summed E-state index contributed by atoms with van der Waals surface area (Å²) >= 11 is 0. The first-order valence-corrected chi connectivity index (χ1v) is 7.87. The van der Waals surface area contributed by atoms with Crippen LogP contribution in [-0.2, 0) is 20.4 Å². The highest BCUT2D eigenvalue weighted by atomic mass is 35.7. The highest BCUT2D eigenvalue weighted by Crippen LogP contribution is 2.32. The number of hydrogen-bond donors (Lipinski definition) is 1. The Morgan fingerprint density at radius 2 is 2.00 bits per heavy atom. The Labute approximate surface area is 114 Å². The molecule has 0 aliphatic heterocycles. The van der Waals surface area contributed by atoms with Gasteiger partial charge in [0, 0.05) is 33.8 Å². The minimum absolute atomic E-state index is 0.0511. The van der Waals surface area contributed by atoms with Crippen molar-refractivity contribution < 1.29 is 18.3 Å². The van der Waals surface area contributed by atoms with Gasteiger partial charge >= 0.3 is 5.97 Å². The van der Waals surface area contributed by atoms with Crippen LogP contribution < -0.4 is 0 Å². The van der Waals surface area contributed by atoms with Crippen molar-refractivity contribution in [1.82, 2.24) is 4.57 Å². The molecular formula is C12H12ClNO4S. The number of carboxylic acid groups (broad SMARTS) is 1. The number of aryl methyl sites for hydroxylation is 1. The molecule has 1 N–H and O–H groups in total. The number of aliphatic carboxylic acids is 1. The van der Waals surface area contributed by atoms with Gasteiger partial charge in [0.1, 0.15) is 4.90 Å². The van der Waals surface area contributed by atoms with Crippen molar-refractivity contribution in [3.63, 3.8) is 0 Å². The molecule has 0 radical (unpaired) electrons. The summed E-state index contributed by atoms with van der Waals surface area (Å²) in [5.74, 6) is -0.938. The van der Waals surface area contributed by atoms with Crippen LogP contribution in [0.25, 0.3) is 10.9 Å². The second kappa shape index (κ2) is 4.86. The molecule has 0 bridgehead atoms. The van der Waals surface area contributed by atoms with Gasteiger partial charge in [0.15, 0.2) is 0 Å². The van der Waals surface area contributed by atoms with Gasteiger partial charge in [-0.25, -0.2) is 8.42 Å². The molecule has 1 aromatic heterocycles. The van der Waals surface area contributed by atoms with Crippen LogP contribution in [0.4, 0.5) is 0 Å². The quantitative estimate of drug-likeness (QED) is 0.880. The number of fused-ring (bicyclic) bond motifs is 1. The van der Waals surface area contributed by atoms with Gasteiger partial charge < -0.3 is 9.67 Å². The standard InChI is InChI=1S/C12H12ClNO4S/c1-8-12(19(13,17)18)9-4-2-3-5-10(9)14(8)7-6-11(15)16/h2-5H,6-7H2,1H3,(H,15,16). The van der Waals surface area contributed by atoms with E-state index in [-0.39, 0.29) is 17.9 Å². The van der Waals surface area contributed by atoms with E-state index in [0.717, 1.165) is 0 Å². The Kier molecular flexibility index (Phi) is 3.56. The van der Waals surface area contributed by atoms with E-state index >= 15 is 0 Å². The Balaban J connectivity index is 2.71. The van der Waals surface area contributed by atoms with Gasteiger partial charge in [0.05, 0.1) is 6.42 Å². The Morgan fingerprint density at radius 1 is 1.37 bits per heavy atom. The van der Waals surface area contributed by atoms with Crippen LogP contribution in [0.15, 0.2) is 29.2 Å². The van der Waals surface area contributed by atoms with Crippen molar-refractivity contribution in [2.75, 3.05) is 0 Å². The van der Waals surface area contributed by atoms with Gasteiger partial charge in [-0.05, 0) is 13.0 Å². The molecule has 1 aromatic carbocycles. The first-order valence-electron chi connectivity index (χ1n) is 5.56. The molecule has 7 heteroatoms. The fourth-order valence-corrected chi connectivity index (χ4v) is 3.69. The summed E-state index contributed by atoms with van der Waals surface area (Å²) in [5.41, 5.74) is 1.12. The van der Waals surface area contributed by atoms with Crippen LogP contribution in [0.2, 0.25) is 0 Å². The number of nitrogens with zero attached hydrogens (tertiary/aromatic N) is 1. The molecule has 0 saturated heterocycles. The van der Waals surface area contributed by atoms with Crippen molar-refractivity contribution in [3.8, 4) is 0 Å². The zero-order chi connectivity index (χ0) is 14.2. The summed E-state index contributed by atoms with van der Waals surface area (Å²) in [6.45, 7) is 1.82. The third kappa shape index (κ3) is 2.59. The molecule has 0 atom stereocenters. The lowest BCUT2D eigenvalue weighted by molar-refractivity contribution is -0.137. The van der Waals surface area contributed by atoms with Crippen molar-refractivity contribution >= 4 is 36.6 Å². The molecule has 0 spiro atoms. The molecule has 1 heterocycles. The van der Waals surface area contributed by atoms with E-state index in [0.29, 0.717) is 16.6 Å². The topological polar surface area (TPSA) is 76.4 Å². The maximum absolute atomic E-state index is 11.7. The molecule has 19 heavy (non-hydrogen) atoms. The molecule has 0 aliphatic carbocycles. The first kappa shape index (κ1) is 13.9. The highest BCUT2D eigenvalue weighted by Gasteiger charge is 2.23. The predicted molar refractivity (Wildman–Crippen MR) is 72.0 cm³/mol. The summed E-state index contributed by atoms with van der Waals surface area (Å²) < 4.78 is 25.0. The zero-order valence-electron chi connectivity index (χ0n) is 10.1. The average Bonchev–Trinajstić information content (AvgIpc) is 2.57. The lowest BCUT2D eigenvalue weighted by Crippen LogP contribution is -2.06. The first-order chi connectivity index (χ1) is 8.82. The summed E-state index contributed by atoms with van der Waals surface area (Å²) in [6, 6.07) is 6.89. The number of carboxylic acids is 1. The van der Waals surface area contributed by atoms with E-state index in [1.54, 1.807) is 35.8 Å². The summed E-state index contributed by atoms with van der Waals surface area (Å²) in [5, 5.41) is 9.26. The third-order valence-corrected chi connectivity index (χ3v) is 4.43. The molecule has 102 valence electrons. The number of rotatable bonds is 4. The fourth-order valence-electron chi connectivity index (χ4n) is 2.20. The molecule has 0 aliphatic rings. The number of hydrogen-bond acceptors (Lipinski definition) is 3. The van der Waals surface area contributed by atoms with E-state index in [1.165, 1.54) is 0 Å². The van der Waals surface area contributed by atoms with Crippen molar-refractivity contribution in [2.24, 2.45) is 0 Å². The maximum Gasteiger partial charge on any atom is 0.305 e. The van der Waals surface area contributed by atoms with Crippen molar-refractivity contribution in [3.05, 3.63) is 30.0 Å². The second-order valence-electron chi connectivity index (χ2n) is 4.16. The van der Waals surface area contributed by atoms with Crippen LogP contribution in [-0.4, -0.2) is 24.1 Å². The molecular weight excluding hydrogens is 290 g/mol. The Hall–Kier alpha value is -1.53. The molecule has 0 saturated carbocycles. The minimum Gasteiger partial charge on any atom is -0.481 e. The monoisotopic (exact) mass is 301 g/mol. The number of halogens is 1. The van der Waals surface area contributed by atoms with Gasteiger partial charge in [-0.1, -0.05) is 18.2 Å². The predicted octanol–water partition coefficient (Wildman–Crippen LogP) is 2.35. The lowest BCUT2D eigenvalue weighted by atomic mass is 10.2. The van der Waals surface area contributed by atoms with Crippen molar-refractivity contribution in [2.45, 2.75) is 24.8 Å². The molecule has 0 unspecified atom stereocenters. The third-order valence-electron chi connectivity index (χ3n) is 2.97. The Bertz CT molecular complexity index is 748. The minimum atomic E-state index is -3.87. The van der Waals surface area contributed by atoms with E-state index in [4.69, 9.17) is 15.8 Å². The SMILES string of the molecule is Cc1c(S(=O)(=O)Cl)c2ccccc2n1CCC(=O)O. The fraction of sp³-hybridized carbons (Fsp3) is 0.250. The van der Waals surface area contributed by atoms with E-state index < -0.39 is 15.0 Å². The van der Waals surface area contributed by atoms with Gasteiger partial charge in [-0.15, -0.1) is 0 Å². The summed E-state index contributed by atoms with van der Waals surface area (Å²) in [6.07, 6.45) is -0.0821. The van der Waals surface area contributed by atoms with Crippen LogP contribution >= 0.6 is 10.7 Å². The van der Waals surface area contributed by atoms with Crippen LogP contribution in [0, 0.1) is 6.92 Å².